The van der Waals surface area contributed by atoms with Gasteiger partial charge in [0, 0.05) is 4.47 Å². The van der Waals surface area contributed by atoms with Gasteiger partial charge < -0.3 is 4.74 Å². The van der Waals surface area contributed by atoms with E-state index in [0.29, 0.717) is 5.56 Å². The van der Waals surface area contributed by atoms with Gasteiger partial charge in [-0.05, 0) is 45.8 Å². The molecule has 5 heteroatoms. The number of halogens is 1. The van der Waals surface area contributed by atoms with Crippen molar-refractivity contribution in [1.82, 2.24) is 5.43 Å². The van der Waals surface area contributed by atoms with Crippen molar-refractivity contribution < 1.29 is 9.53 Å². The molecule has 1 amide bonds. The quantitative estimate of drug-likeness (QED) is 0.690. The number of amides is 1. The highest BCUT2D eigenvalue weighted by Crippen LogP contribution is 2.15. The van der Waals surface area contributed by atoms with E-state index in [1.165, 1.54) is 0 Å². The minimum atomic E-state index is -0.267. The Hall–Kier alpha value is -2.14. The number of rotatable bonds is 4. The molecule has 20 heavy (non-hydrogen) atoms. The topological polar surface area (TPSA) is 50.7 Å². The minimum Gasteiger partial charge on any atom is -0.497 e. The lowest BCUT2D eigenvalue weighted by atomic mass is 10.2. The van der Waals surface area contributed by atoms with Crippen molar-refractivity contribution in [2.75, 3.05) is 7.11 Å². The highest BCUT2D eigenvalue weighted by atomic mass is 79.9. The summed E-state index contributed by atoms with van der Waals surface area (Å²) < 4.78 is 5.84. The molecular weight excluding hydrogens is 320 g/mol. The Morgan fingerprint density at radius 1 is 1.25 bits per heavy atom. The van der Waals surface area contributed by atoms with Crippen LogP contribution in [0.5, 0.6) is 5.75 Å². The second kappa shape index (κ2) is 6.86. The summed E-state index contributed by atoms with van der Waals surface area (Å²) >= 11 is 3.32. The summed E-state index contributed by atoms with van der Waals surface area (Å²) in [7, 11) is 1.60. The standard InChI is InChI=1S/C15H13BrN2O2/c1-20-12-6-4-5-11(9-12)10-17-18-15(19)13-7-2-3-8-14(13)16/h2-10H,1H3,(H,18,19)/b17-10-. The first-order valence-corrected chi connectivity index (χ1v) is 6.72. The Balaban J connectivity index is 2.03. The Kier molecular flexibility index (Phi) is 4.90. The maximum absolute atomic E-state index is 11.9. The molecule has 0 atom stereocenters. The summed E-state index contributed by atoms with van der Waals surface area (Å²) in [4.78, 5) is 11.9. The number of hydrogen-bond acceptors (Lipinski definition) is 3. The molecule has 0 aromatic heterocycles. The van der Waals surface area contributed by atoms with Crippen molar-refractivity contribution >= 4 is 28.1 Å². The molecule has 0 saturated carbocycles. The van der Waals surface area contributed by atoms with Gasteiger partial charge in [0.05, 0.1) is 18.9 Å². The zero-order valence-electron chi connectivity index (χ0n) is 10.8. The molecule has 0 aliphatic rings. The maximum Gasteiger partial charge on any atom is 0.272 e. The molecule has 0 unspecified atom stereocenters. The fourth-order valence-corrected chi connectivity index (χ4v) is 2.06. The van der Waals surface area contributed by atoms with Gasteiger partial charge in [0.15, 0.2) is 0 Å². The first-order valence-electron chi connectivity index (χ1n) is 5.92. The van der Waals surface area contributed by atoms with Gasteiger partial charge in [-0.1, -0.05) is 24.3 Å². The van der Waals surface area contributed by atoms with Crippen LogP contribution < -0.4 is 10.2 Å². The lowest BCUT2D eigenvalue weighted by Crippen LogP contribution is -2.18. The van der Waals surface area contributed by atoms with E-state index in [1.807, 2.05) is 30.3 Å². The molecule has 2 rings (SSSR count). The molecule has 2 aromatic carbocycles. The van der Waals surface area contributed by atoms with Crippen LogP contribution in [0.3, 0.4) is 0 Å². The number of hydrogen-bond donors (Lipinski definition) is 1. The van der Waals surface area contributed by atoms with Crippen molar-refractivity contribution in [2.24, 2.45) is 5.10 Å². The highest BCUT2D eigenvalue weighted by Gasteiger charge is 2.07. The third kappa shape index (κ3) is 3.68. The summed E-state index contributed by atoms with van der Waals surface area (Å²) in [6, 6.07) is 14.6. The average molecular weight is 333 g/mol. The lowest BCUT2D eigenvalue weighted by molar-refractivity contribution is 0.0954. The van der Waals surface area contributed by atoms with E-state index in [4.69, 9.17) is 4.74 Å². The zero-order valence-corrected chi connectivity index (χ0v) is 12.4. The van der Waals surface area contributed by atoms with Gasteiger partial charge in [0.1, 0.15) is 5.75 Å². The number of carbonyl (C=O) groups excluding carboxylic acids is 1. The van der Waals surface area contributed by atoms with Gasteiger partial charge in [0.25, 0.3) is 5.91 Å². The highest BCUT2D eigenvalue weighted by molar-refractivity contribution is 9.10. The molecule has 0 spiro atoms. The third-order valence-electron chi connectivity index (χ3n) is 2.59. The number of nitrogens with zero attached hydrogens (tertiary/aromatic N) is 1. The number of nitrogens with one attached hydrogen (secondary N) is 1. The fraction of sp³-hybridized carbons (Fsp3) is 0.0667. The first kappa shape index (κ1) is 14.3. The van der Waals surface area contributed by atoms with Gasteiger partial charge in [-0.3, -0.25) is 4.79 Å². The summed E-state index contributed by atoms with van der Waals surface area (Å²) in [5.41, 5.74) is 3.87. The summed E-state index contributed by atoms with van der Waals surface area (Å²) in [5, 5.41) is 3.93. The minimum absolute atomic E-state index is 0.267. The summed E-state index contributed by atoms with van der Waals surface area (Å²) in [6.07, 6.45) is 1.57. The number of carbonyl (C=O) groups is 1. The number of benzene rings is 2. The predicted molar refractivity (Wildman–Crippen MR) is 82.2 cm³/mol. The third-order valence-corrected chi connectivity index (χ3v) is 3.28. The molecule has 0 saturated heterocycles. The molecule has 0 bridgehead atoms. The Morgan fingerprint density at radius 2 is 2.05 bits per heavy atom. The van der Waals surface area contributed by atoms with E-state index >= 15 is 0 Å². The fourth-order valence-electron chi connectivity index (χ4n) is 1.59. The van der Waals surface area contributed by atoms with Crippen molar-refractivity contribution in [3.8, 4) is 5.75 Å². The van der Waals surface area contributed by atoms with Crippen LogP contribution in [0.2, 0.25) is 0 Å². The van der Waals surface area contributed by atoms with Crippen molar-refractivity contribution in [3.63, 3.8) is 0 Å². The lowest BCUT2D eigenvalue weighted by Gasteiger charge is -2.02. The van der Waals surface area contributed by atoms with E-state index < -0.39 is 0 Å². The molecular formula is C15H13BrN2O2. The van der Waals surface area contributed by atoms with E-state index in [0.717, 1.165) is 15.8 Å². The Morgan fingerprint density at radius 3 is 2.80 bits per heavy atom. The van der Waals surface area contributed by atoms with Crippen LogP contribution in [0.25, 0.3) is 0 Å². The molecule has 0 aliphatic carbocycles. The SMILES string of the molecule is COc1cccc(/C=N\NC(=O)c2ccccc2Br)c1. The van der Waals surface area contributed by atoms with Crippen molar-refractivity contribution in [1.29, 1.82) is 0 Å². The average Bonchev–Trinajstić information content (AvgIpc) is 2.48. The van der Waals surface area contributed by atoms with E-state index in [-0.39, 0.29) is 5.91 Å². The zero-order chi connectivity index (χ0) is 14.4. The normalized spacial score (nSPS) is 10.5. The van der Waals surface area contributed by atoms with E-state index in [1.54, 1.807) is 31.5 Å². The molecule has 2 aromatic rings. The Bertz CT molecular complexity index is 641. The van der Waals surface area contributed by atoms with Gasteiger partial charge in [0.2, 0.25) is 0 Å². The van der Waals surface area contributed by atoms with E-state index in [2.05, 4.69) is 26.5 Å². The van der Waals surface area contributed by atoms with Crippen LogP contribution in [0.4, 0.5) is 0 Å². The second-order valence-electron chi connectivity index (χ2n) is 3.96. The summed E-state index contributed by atoms with van der Waals surface area (Å²) in [5.74, 6) is 0.475. The second-order valence-corrected chi connectivity index (χ2v) is 4.81. The van der Waals surface area contributed by atoms with Crippen LogP contribution in [-0.4, -0.2) is 19.2 Å². The molecule has 0 heterocycles. The van der Waals surface area contributed by atoms with E-state index in [9.17, 15) is 4.79 Å². The number of ether oxygens (including phenoxy) is 1. The van der Waals surface area contributed by atoms with Crippen LogP contribution in [0.15, 0.2) is 58.1 Å². The molecule has 0 fully saturated rings. The molecule has 0 radical (unpaired) electrons. The summed E-state index contributed by atoms with van der Waals surface area (Å²) in [6.45, 7) is 0. The largest absolute Gasteiger partial charge is 0.497 e. The molecule has 4 nitrogen and oxygen atoms in total. The predicted octanol–water partition coefficient (Wildman–Crippen LogP) is 3.22. The van der Waals surface area contributed by atoms with Gasteiger partial charge in [-0.15, -0.1) is 0 Å². The number of hydrazone groups is 1. The number of methoxy groups -OCH3 is 1. The monoisotopic (exact) mass is 332 g/mol. The maximum atomic E-state index is 11.9. The van der Waals surface area contributed by atoms with Crippen LogP contribution in [0.1, 0.15) is 15.9 Å². The van der Waals surface area contributed by atoms with Crippen molar-refractivity contribution in [3.05, 3.63) is 64.1 Å². The molecule has 0 aliphatic heterocycles. The van der Waals surface area contributed by atoms with Gasteiger partial charge >= 0.3 is 0 Å². The molecule has 1 N–H and O–H groups in total. The van der Waals surface area contributed by atoms with Crippen LogP contribution in [-0.2, 0) is 0 Å². The van der Waals surface area contributed by atoms with Crippen LogP contribution in [0, 0.1) is 0 Å². The van der Waals surface area contributed by atoms with Crippen molar-refractivity contribution in [2.45, 2.75) is 0 Å². The molecule has 102 valence electrons. The first-order chi connectivity index (χ1) is 9.70. The van der Waals surface area contributed by atoms with Crippen LogP contribution >= 0.6 is 15.9 Å². The van der Waals surface area contributed by atoms with Gasteiger partial charge in [-0.2, -0.15) is 5.10 Å². The Labute approximate surface area is 125 Å². The van der Waals surface area contributed by atoms with Gasteiger partial charge in [-0.25, -0.2) is 5.43 Å². The smallest absolute Gasteiger partial charge is 0.272 e.